The van der Waals surface area contributed by atoms with E-state index in [1.165, 1.54) is 6.07 Å². The number of nitrogens with zero attached hydrogens (tertiary/aromatic N) is 4. The zero-order valence-corrected chi connectivity index (χ0v) is 20.2. The van der Waals surface area contributed by atoms with Crippen LogP contribution in [-0.2, 0) is 6.54 Å². The first kappa shape index (κ1) is 23.8. The molecule has 3 heterocycles. The zero-order chi connectivity index (χ0) is 25.1. The average molecular weight is 485 g/mol. The quantitative estimate of drug-likeness (QED) is 0.441. The molecule has 0 saturated carbocycles. The summed E-state index contributed by atoms with van der Waals surface area (Å²) in [6.07, 6.45) is 3.44. The van der Waals surface area contributed by atoms with Crippen molar-refractivity contribution in [3.8, 4) is 5.75 Å². The maximum atomic E-state index is 14.4. The normalized spacial score (nSPS) is 15.1. The maximum absolute atomic E-state index is 14.4. The predicted octanol–water partition coefficient (Wildman–Crippen LogP) is 4.36. The number of aromatic nitrogens is 2. The van der Waals surface area contributed by atoms with Gasteiger partial charge in [0.15, 0.2) is 0 Å². The Kier molecular flexibility index (Phi) is 6.82. The highest BCUT2D eigenvalue weighted by atomic mass is 19.1. The Labute approximate surface area is 209 Å². The van der Waals surface area contributed by atoms with Crippen LogP contribution in [0.2, 0.25) is 0 Å². The molecule has 7 heteroatoms. The fourth-order valence-corrected chi connectivity index (χ4v) is 5.02. The predicted molar refractivity (Wildman–Crippen MR) is 139 cm³/mol. The van der Waals surface area contributed by atoms with Gasteiger partial charge in [-0.2, -0.15) is 0 Å². The molecule has 0 spiro atoms. The number of hydrogen-bond donors (Lipinski definition) is 1. The Morgan fingerprint density at radius 1 is 0.972 bits per heavy atom. The molecule has 2 aromatic carbocycles. The second kappa shape index (κ2) is 10.3. The SMILES string of the molecule is Cc1cc(O)c(C(c2cccnc2)N2CCN(c3ccccc3F)CC2)c(=O)n1Cc1ccccc1. The van der Waals surface area contributed by atoms with Crippen molar-refractivity contribution in [3.05, 3.63) is 124 Å². The minimum Gasteiger partial charge on any atom is -0.507 e. The summed E-state index contributed by atoms with van der Waals surface area (Å²) in [5, 5.41) is 11.1. The van der Waals surface area contributed by atoms with Crippen LogP contribution in [0.1, 0.15) is 28.4 Å². The number of aromatic hydroxyl groups is 1. The molecular formula is C29H29FN4O2. The summed E-state index contributed by atoms with van der Waals surface area (Å²) in [5.74, 6) is -0.262. The molecule has 36 heavy (non-hydrogen) atoms. The van der Waals surface area contributed by atoms with E-state index in [-0.39, 0.29) is 17.1 Å². The Morgan fingerprint density at radius 2 is 1.69 bits per heavy atom. The second-order valence-corrected chi connectivity index (χ2v) is 9.12. The minimum atomic E-state index is -0.475. The van der Waals surface area contributed by atoms with Crippen LogP contribution in [0, 0.1) is 12.7 Å². The highest BCUT2D eigenvalue weighted by Crippen LogP contribution is 2.33. The van der Waals surface area contributed by atoms with Crippen LogP contribution in [0.4, 0.5) is 10.1 Å². The van der Waals surface area contributed by atoms with Crippen molar-refractivity contribution in [1.29, 1.82) is 0 Å². The van der Waals surface area contributed by atoms with Crippen LogP contribution in [0.3, 0.4) is 0 Å². The molecule has 0 bridgehead atoms. The van der Waals surface area contributed by atoms with Crippen LogP contribution in [-0.4, -0.2) is 45.7 Å². The summed E-state index contributed by atoms with van der Waals surface area (Å²) in [4.78, 5) is 22.4. The van der Waals surface area contributed by atoms with Gasteiger partial charge in [-0.25, -0.2) is 4.39 Å². The van der Waals surface area contributed by atoms with Gasteiger partial charge in [0.1, 0.15) is 11.6 Å². The lowest BCUT2D eigenvalue weighted by Gasteiger charge is -2.40. The van der Waals surface area contributed by atoms with Crippen LogP contribution in [0.5, 0.6) is 5.75 Å². The van der Waals surface area contributed by atoms with Crippen molar-refractivity contribution >= 4 is 5.69 Å². The first-order valence-electron chi connectivity index (χ1n) is 12.1. The van der Waals surface area contributed by atoms with Gasteiger partial charge in [0.2, 0.25) is 0 Å². The molecule has 1 aliphatic heterocycles. The topological polar surface area (TPSA) is 61.6 Å². The molecule has 1 fully saturated rings. The molecule has 1 unspecified atom stereocenters. The van der Waals surface area contributed by atoms with E-state index in [1.807, 2.05) is 60.4 Å². The molecule has 6 nitrogen and oxygen atoms in total. The number of hydrogen-bond acceptors (Lipinski definition) is 5. The van der Waals surface area contributed by atoms with Crippen LogP contribution >= 0.6 is 0 Å². The number of para-hydroxylation sites is 1. The molecular weight excluding hydrogens is 455 g/mol. The van der Waals surface area contributed by atoms with E-state index in [4.69, 9.17) is 0 Å². The number of piperazine rings is 1. The molecule has 0 aliphatic carbocycles. The largest absolute Gasteiger partial charge is 0.507 e. The molecule has 0 radical (unpaired) electrons. The third-order valence-corrected chi connectivity index (χ3v) is 6.85. The third-order valence-electron chi connectivity index (χ3n) is 6.85. The van der Waals surface area contributed by atoms with Crippen molar-refractivity contribution in [2.24, 2.45) is 0 Å². The second-order valence-electron chi connectivity index (χ2n) is 9.12. The Hall–Kier alpha value is -3.97. The fourth-order valence-electron chi connectivity index (χ4n) is 5.02. The Bertz CT molecular complexity index is 1380. The van der Waals surface area contributed by atoms with E-state index in [2.05, 4.69) is 9.88 Å². The van der Waals surface area contributed by atoms with Crippen molar-refractivity contribution < 1.29 is 9.50 Å². The number of benzene rings is 2. The molecule has 1 N–H and O–H groups in total. The van der Waals surface area contributed by atoms with E-state index in [1.54, 1.807) is 35.2 Å². The lowest BCUT2D eigenvalue weighted by atomic mass is 9.97. The zero-order valence-electron chi connectivity index (χ0n) is 20.2. The van der Waals surface area contributed by atoms with Gasteiger partial charge in [-0.15, -0.1) is 0 Å². The third kappa shape index (κ3) is 4.75. The van der Waals surface area contributed by atoms with Crippen molar-refractivity contribution in [1.82, 2.24) is 14.5 Å². The van der Waals surface area contributed by atoms with Gasteiger partial charge in [-0.1, -0.05) is 48.5 Å². The van der Waals surface area contributed by atoms with E-state index in [9.17, 15) is 14.3 Å². The summed E-state index contributed by atoms with van der Waals surface area (Å²) in [5.41, 5.74) is 3.23. The molecule has 1 aliphatic rings. The number of rotatable bonds is 6. The van der Waals surface area contributed by atoms with Gasteiger partial charge in [0.25, 0.3) is 5.56 Å². The van der Waals surface area contributed by atoms with E-state index < -0.39 is 6.04 Å². The van der Waals surface area contributed by atoms with Gasteiger partial charge in [0, 0.05) is 44.3 Å². The van der Waals surface area contributed by atoms with Crippen molar-refractivity contribution in [2.45, 2.75) is 19.5 Å². The number of aryl methyl sites for hydroxylation is 1. The Balaban J connectivity index is 1.52. The summed E-state index contributed by atoms with van der Waals surface area (Å²) in [6, 6.07) is 21.6. The molecule has 2 aromatic heterocycles. The first-order chi connectivity index (χ1) is 17.5. The molecule has 4 aromatic rings. The van der Waals surface area contributed by atoms with Crippen LogP contribution in [0.15, 0.2) is 90.0 Å². The Morgan fingerprint density at radius 3 is 2.39 bits per heavy atom. The summed E-state index contributed by atoms with van der Waals surface area (Å²) in [6.45, 7) is 4.64. The van der Waals surface area contributed by atoms with Gasteiger partial charge < -0.3 is 14.6 Å². The highest BCUT2D eigenvalue weighted by Gasteiger charge is 2.32. The van der Waals surface area contributed by atoms with Crippen LogP contribution < -0.4 is 10.5 Å². The summed E-state index contributed by atoms with van der Waals surface area (Å²) < 4.78 is 16.1. The van der Waals surface area contributed by atoms with Crippen LogP contribution in [0.25, 0.3) is 0 Å². The van der Waals surface area contributed by atoms with Crippen molar-refractivity contribution in [3.63, 3.8) is 0 Å². The number of pyridine rings is 2. The lowest BCUT2D eigenvalue weighted by Crippen LogP contribution is -2.49. The first-order valence-corrected chi connectivity index (χ1v) is 12.1. The van der Waals surface area contributed by atoms with E-state index in [0.29, 0.717) is 49.7 Å². The molecule has 1 saturated heterocycles. The van der Waals surface area contributed by atoms with E-state index in [0.717, 1.165) is 11.1 Å². The molecule has 184 valence electrons. The average Bonchev–Trinajstić information content (AvgIpc) is 2.90. The standard InChI is InChI=1S/C29H29FN4O2/c1-21-18-26(35)27(29(36)34(21)20-22-8-3-2-4-9-22)28(23-10-7-13-31-19-23)33-16-14-32(15-17-33)25-12-6-5-11-24(25)30/h2-13,18-19,28,35H,14-17,20H2,1H3. The number of anilines is 1. The van der Waals surface area contributed by atoms with Gasteiger partial charge >= 0.3 is 0 Å². The van der Waals surface area contributed by atoms with Crippen molar-refractivity contribution in [2.75, 3.05) is 31.1 Å². The number of halogens is 1. The molecule has 0 amide bonds. The lowest BCUT2D eigenvalue weighted by molar-refractivity contribution is 0.207. The smallest absolute Gasteiger partial charge is 0.259 e. The summed E-state index contributed by atoms with van der Waals surface area (Å²) in [7, 11) is 0. The van der Waals surface area contributed by atoms with E-state index >= 15 is 0 Å². The van der Waals surface area contributed by atoms with Gasteiger partial charge in [-0.05, 0) is 42.3 Å². The highest BCUT2D eigenvalue weighted by molar-refractivity contribution is 5.48. The van der Waals surface area contributed by atoms with Gasteiger partial charge in [0.05, 0.1) is 23.8 Å². The monoisotopic (exact) mass is 484 g/mol. The fraction of sp³-hybridized carbons (Fsp3) is 0.241. The molecule has 1 atom stereocenters. The maximum Gasteiger partial charge on any atom is 0.259 e. The minimum absolute atomic E-state index is 0.0211. The summed E-state index contributed by atoms with van der Waals surface area (Å²) >= 11 is 0. The van der Waals surface area contributed by atoms with Gasteiger partial charge in [-0.3, -0.25) is 14.7 Å². The molecule has 5 rings (SSSR count).